The van der Waals surface area contributed by atoms with E-state index in [9.17, 15) is 9.59 Å². The first-order valence-electron chi connectivity index (χ1n) is 8.81. The van der Waals surface area contributed by atoms with Gasteiger partial charge in [-0.05, 0) is 25.1 Å². The van der Waals surface area contributed by atoms with Gasteiger partial charge in [0, 0.05) is 7.05 Å². The van der Waals surface area contributed by atoms with Crippen LogP contribution < -0.4 is 14.8 Å². The summed E-state index contributed by atoms with van der Waals surface area (Å²) in [5.74, 6) is 1.43. The van der Waals surface area contributed by atoms with Crippen molar-refractivity contribution in [2.45, 2.75) is 18.2 Å². The number of hydrogen-bond acceptors (Lipinski definition) is 8. The molecule has 9 nitrogen and oxygen atoms in total. The van der Waals surface area contributed by atoms with Crippen LogP contribution in [0.2, 0.25) is 0 Å². The molecular weight excluding hydrogens is 396 g/mol. The average Bonchev–Trinajstić information content (AvgIpc) is 3.30. The van der Waals surface area contributed by atoms with E-state index < -0.39 is 17.9 Å². The molecule has 0 fully saturated rings. The van der Waals surface area contributed by atoms with Crippen molar-refractivity contribution in [2.75, 3.05) is 12.4 Å². The topological polar surface area (TPSA) is 108 Å². The number of aromatic nitrogens is 3. The number of nitrogens with zero attached hydrogens (tertiary/aromatic N) is 3. The summed E-state index contributed by atoms with van der Waals surface area (Å²) < 4.78 is 18.2. The second-order valence-electron chi connectivity index (χ2n) is 6.32. The Balaban J connectivity index is 1.32. The first-order valence-corrected chi connectivity index (χ1v) is 9.80. The summed E-state index contributed by atoms with van der Waals surface area (Å²) >= 11 is 1.18. The molecule has 3 aromatic rings. The molecule has 10 heteroatoms. The van der Waals surface area contributed by atoms with E-state index in [1.807, 2.05) is 19.1 Å². The molecule has 1 aliphatic heterocycles. The van der Waals surface area contributed by atoms with Gasteiger partial charge in [-0.25, -0.2) is 0 Å². The van der Waals surface area contributed by atoms with Crippen molar-refractivity contribution < 1.29 is 23.5 Å². The number of para-hydroxylation sites is 2. The highest BCUT2D eigenvalue weighted by molar-refractivity contribution is 7.99. The number of amides is 2. The van der Waals surface area contributed by atoms with Gasteiger partial charge in [0.05, 0.1) is 17.6 Å². The third kappa shape index (κ3) is 3.97. The third-order valence-electron chi connectivity index (χ3n) is 4.33. The van der Waals surface area contributed by atoms with E-state index in [1.165, 1.54) is 11.8 Å². The van der Waals surface area contributed by atoms with Crippen molar-refractivity contribution in [2.24, 2.45) is 7.05 Å². The van der Waals surface area contributed by atoms with Gasteiger partial charge in [0.2, 0.25) is 12.0 Å². The van der Waals surface area contributed by atoms with Crippen molar-refractivity contribution in [3.8, 4) is 22.9 Å². The first kappa shape index (κ1) is 19.1. The Hall–Kier alpha value is -3.27. The molecule has 0 saturated heterocycles. The lowest BCUT2D eigenvalue weighted by molar-refractivity contribution is -0.135. The van der Waals surface area contributed by atoms with Crippen LogP contribution in [0.5, 0.6) is 11.5 Å². The maximum atomic E-state index is 12.3. The smallest absolute Gasteiger partial charge is 0.271 e. The fourth-order valence-electron chi connectivity index (χ4n) is 2.82. The van der Waals surface area contributed by atoms with Crippen molar-refractivity contribution in [3.05, 3.63) is 42.4 Å². The highest BCUT2D eigenvalue weighted by Crippen LogP contribution is 2.31. The van der Waals surface area contributed by atoms with Crippen LogP contribution in [0.4, 0.5) is 0 Å². The van der Waals surface area contributed by atoms with Crippen LogP contribution in [-0.2, 0) is 16.6 Å². The van der Waals surface area contributed by atoms with E-state index in [1.54, 1.807) is 36.1 Å². The summed E-state index contributed by atoms with van der Waals surface area (Å²) in [5.41, 5.74) is 0.834. The van der Waals surface area contributed by atoms with Crippen LogP contribution in [0.25, 0.3) is 11.4 Å². The number of carbonyl (C=O) groups excluding carboxylic acids is 2. The van der Waals surface area contributed by atoms with Gasteiger partial charge in [0.25, 0.3) is 5.91 Å². The van der Waals surface area contributed by atoms with Crippen molar-refractivity contribution >= 4 is 23.6 Å². The van der Waals surface area contributed by atoms with E-state index in [0.717, 1.165) is 11.3 Å². The molecule has 2 amide bonds. The molecule has 29 heavy (non-hydrogen) atoms. The molecule has 3 heterocycles. The van der Waals surface area contributed by atoms with Crippen molar-refractivity contribution in [3.63, 3.8) is 0 Å². The molecule has 0 saturated carbocycles. The van der Waals surface area contributed by atoms with Crippen LogP contribution in [-0.4, -0.2) is 45.0 Å². The molecule has 0 bridgehead atoms. The summed E-state index contributed by atoms with van der Waals surface area (Å²) in [6, 6.07) is 8.87. The largest absolute Gasteiger partial charge is 0.485 e. The molecule has 0 aliphatic carbocycles. The van der Waals surface area contributed by atoms with Gasteiger partial charge in [-0.1, -0.05) is 23.9 Å². The fourth-order valence-corrected chi connectivity index (χ4v) is 3.54. The zero-order valence-corrected chi connectivity index (χ0v) is 16.6. The second-order valence-corrected chi connectivity index (χ2v) is 7.26. The number of hydrogen-bond donors (Lipinski definition) is 1. The van der Waals surface area contributed by atoms with Crippen LogP contribution in [0.15, 0.2) is 46.2 Å². The molecule has 1 aromatic carbocycles. The lowest BCUT2D eigenvalue weighted by atomic mass is 10.2. The van der Waals surface area contributed by atoms with Crippen LogP contribution in [0.1, 0.15) is 5.76 Å². The highest BCUT2D eigenvalue weighted by Gasteiger charge is 2.28. The number of carbonyl (C=O) groups is 2. The second kappa shape index (κ2) is 8.00. The lowest BCUT2D eigenvalue weighted by Gasteiger charge is -2.25. The predicted molar refractivity (Wildman–Crippen MR) is 104 cm³/mol. The monoisotopic (exact) mass is 414 g/mol. The standard InChI is InChI=1S/C19H18N4O5S/c1-11-12(7-8-26-11)17-21-22-19(23(17)2)29-10-16(24)20-18(25)15-9-27-13-5-3-4-6-14(13)28-15/h3-8,15H,9-10H2,1-2H3,(H,20,24,25)/t15-/m1/s1. The summed E-state index contributed by atoms with van der Waals surface area (Å²) in [5, 5.41) is 11.1. The number of nitrogens with one attached hydrogen (secondary N) is 1. The number of ether oxygens (including phenoxy) is 2. The Bertz CT molecular complexity index is 1060. The molecule has 2 aromatic heterocycles. The normalized spacial score (nSPS) is 15.2. The fraction of sp³-hybridized carbons (Fsp3) is 0.263. The summed E-state index contributed by atoms with van der Waals surface area (Å²) in [6.45, 7) is 1.88. The van der Waals surface area contributed by atoms with Gasteiger partial charge in [-0.3, -0.25) is 14.9 Å². The summed E-state index contributed by atoms with van der Waals surface area (Å²) in [7, 11) is 1.80. The Labute approximate surface area is 170 Å². The van der Waals surface area contributed by atoms with E-state index in [4.69, 9.17) is 13.9 Å². The van der Waals surface area contributed by atoms with Crippen molar-refractivity contribution in [1.29, 1.82) is 0 Å². The third-order valence-corrected chi connectivity index (χ3v) is 5.35. The number of aryl methyl sites for hydroxylation is 1. The Kier molecular flexibility index (Phi) is 5.26. The van der Waals surface area contributed by atoms with Gasteiger partial charge in [0.15, 0.2) is 22.5 Å². The Morgan fingerprint density at radius 2 is 2.03 bits per heavy atom. The number of furan rings is 1. The molecule has 1 N–H and O–H groups in total. The predicted octanol–water partition coefficient (Wildman–Crippen LogP) is 1.96. The van der Waals surface area contributed by atoms with E-state index in [0.29, 0.717) is 22.5 Å². The van der Waals surface area contributed by atoms with Crippen molar-refractivity contribution in [1.82, 2.24) is 20.1 Å². The van der Waals surface area contributed by atoms with Gasteiger partial charge >= 0.3 is 0 Å². The minimum Gasteiger partial charge on any atom is -0.485 e. The average molecular weight is 414 g/mol. The van der Waals surface area contributed by atoms with Gasteiger partial charge in [-0.2, -0.15) is 0 Å². The quantitative estimate of drug-likeness (QED) is 0.631. The molecule has 0 unspecified atom stereocenters. The van der Waals surface area contributed by atoms with E-state index >= 15 is 0 Å². The molecule has 1 atom stereocenters. The molecule has 0 spiro atoms. The molecule has 1 aliphatic rings. The zero-order valence-electron chi connectivity index (χ0n) is 15.7. The van der Waals surface area contributed by atoms with Gasteiger partial charge in [-0.15, -0.1) is 10.2 Å². The number of imide groups is 1. The number of benzene rings is 1. The maximum absolute atomic E-state index is 12.3. The number of rotatable bonds is 5. The van der Waals surface area contributed by atoms with Crippen LogP contribution >= 0.6 is 11.8 Å². The number of thioether (sulfide) groups is 1. The zero-order chi connectivity index (χ0) is 20.4. The van der Waals surface area contributed by atoms with E-state index in [2.05, 4.69) is 15.5 Å². The lowest BCUT2D eigenvalue weighted by Crippen LogP contribution is -2.46. The maximum Gasteiger partial charge on any atom is 0.271 e. The van der Waals surface area contributed by atoms with Gasteiger partial charge in [0.1, 0.15) is 12.4 Å². The Morgan fingerprint density at radius 1 is 1.24 bits per heavy atom. The van der Waals surface area contributed by atoms with Gasteiger partial charge < -0.3 is 18.5 Å². The SMILES string of the molecule is Cc1occc1-c1nnc(SCC(=O)NC(=O)[C@H]2COc3ccccc3O2)n1C. The van der Waals surface area contributed by atoms with E-state index in [-0.39, 0.29) is 12.4 Å². The first-order chi connectivity index (χ1) is 14.0. The Morgan fingerprint density at radius 3 is 2.79 bits per heavy atom. The highest BCUT2D eigenvalue weighted by atomic mass is 32.2. The molecule has 150 valence electrons. The number of fused-ring (bicyclic) bond motifs is 1. The van der Waals surface area contributed by atoms with Crippen LogP contribution in [0.3, 0.4) is 0 Å². The molecular formula is C19H18N4O5S. The molecule has 4 rings (SSSR count). The van der Waals surface area contributed by atoms with Crippen LogP contribution in [0, 0.1) is 6.92 Å². The minimum atomic E-state index is -0.885. The minimum absolute atomic E-state index is 0.00620. The molecule has 0 radical (unpaired) electrons. The summed E-state index contributed by atoms with van der Waals surface area (Å²) in [4.78, 5) is 24.5. The summed E-state index contributed by atoms with van der Waals surface area (Å²) in [6.07, 6.45) is 0.699.